The van der Waals surface area contributed by atoms with Gasteiger partial charge < -0.3 is 4.84 Å². The van der Waals surface area contributed by atoms with Gasteiger partial charge in [-0.05, 0) is 26.0 Å². The summed E-state index contributed by atoms with van der Waals surface area (Å²) < 4.78 is 0. The van der Waals surface area contributed by atoms with Gasteiger partial charge in [-0.1, -0.05) is 17.2 Å². The molecular formula is C14H10N2O4S. The molecule has 3 rings (SSSR count). The Hall–Kier alpha value is -2.54. The molecule has 0 bridgehead atoms. The van der Waals surface area contributed by atoms with Crippen LogP contribution in [-0.2, 0) is 4.84 Å². The number of benzene rings is 1. The number of aromatic nitrogens is 1. The molecule has 0 unspecified atom stereocenters. The van der Waals surface area contributed by atoms with Gasteiger partial charge in [-0.15, -0.1) is 11.3 Å². The predicted molar refractivity (Wildman–Crippen MR) is 73.9 cm³/mol. The minimum atomic E-state index is -0.814. The lowest BCUT2D eigenvalue weighted by Crippen LogP contribution is -2.33. The summed E-state index contributed by atoms with van der Waals surface area (Å²) in [6.45, 7) is 3.49. The normalized spacial score (nSPS) is 13.5. The van der Waals surface area contributed by atoms with Gasteiger partial charge in [-0.25, -0.2) is 9.78 Å². The Morgan fingerprint density at radius 1 is 1.14 bits per heavy atom. The summed E-state index contributed by atoms with van der Waals surface area (Å²) >= 11 is 1.34. The largest absolute Gasteiger partial charge is 0.383 e. The zero-order chi connectivity index (χ0) is 15.1. The first-order valence-electron chi connectivity index (χ1n) is 6.13. The van der Waals surface area contributed by atoms with E-state index in [9.17, 15) is 14.4 Å². The Morgan fingerprint density at radius 3 is 2.19 bits per heavy atom. The van der Waals surface area contributed by atoms with E-state index in [1.807, 2.05) is 0 Å². The summed E-state index contributed by atoms with van der Waals surface area (Å²) in [6.07, 6.45) is 0. The highest BCUT2D eigenvalue weighted by Gasteiger charge is 2.39. The van der Waals surface area contributed by atoms with E-state index in [0.29, 0.717) is 14.9 Å². The summed E-state index contributed by atoms with van der Waals surface area (Å²) in [6, 6.07) is 6.32. The Balaban J connectivity index is 1.87. The molecule has 1 aliphatic heterocycles. The molecule has 0 radical (unpaired) electrons. The van der Waals surface area contributed by atoms with Crippen LogP contribution in [0, 0.1) is 13.8 Å². The van der Waals surface area contributed by atoms with E-state index >= 15 is 0 Å². The van der Waals surface area contributed by atoms with Crippen molar-refractivity contribution in [1.29, 1.82) is 0 Å². The molecule has 0 aliphatic carbocycles. The molecule has 1 aromatic carbocycles. The summed E-state index contributed by atoms with van der Waals surface area (Å²) in [7, 11) is 0. The zero-order valence-corrected chi connectivity index (χ0v) is 12.1. The van der Waals surface area contributed by atoms with E-state index in [-0.39, 0.29) is 16.8 Å². The minimum absolute atomic E-state index is 0.119. The number of imide groups is 1. The highest BCUT2D eigenvalue weighted by Crippen LogP contribution is 2.24. The molecular weight excluding hydrogens is 292 g/mol. The number of hydroxylamine groups is 2. The van der Waals surface area contributed by atoms with E-state index < -0.39 is 17.8 Å². The monoisotopic (exact) mass is 302 g/mol. The van der Waals surface area contributed by atoms with Gasteiger partial charge in [0.15, 0.2) is 5.69 Å². The minimum Gasteiger partial charge on any atom is -0.322 e. The standard InChI is InChI=1S/C14H10N2O4S/c1-7-11(15-8(2)21-7)14(19)20-16-12(17)9-5-3-4-6-10(9)13(16)18/h3-6H,1-2H3. The lowest BCUT2D eigenvalue weighted by molar-refractivity contribution is -0.0588. The van der Waals surface area contributed by atoms with Crippen molar-refractivity contribution in [3.05, 3.63) is 51.0 Å². The quantitative estimate of drug-likeness (QED) is 0.794. The Labute approximate surface area is 123 Å². The molecule has 2 aromatic rings. The molecule has 0 saturated heterocycles. The van der Waals surface area contributed by atoms with Crippen LogP contribution >= 0.6 is 11.3 Å². The Morgan fingerprint density at radius 2 is 1.71 bits per heavy atom. The van der Waals surface area contributed by atoms with Gasteiger partial charge in [0.25, 0.3) is 11.8 Å². The van der Waals surface area contributed by atoms with Crippen LogP contribution in [0.4, 0.5) is 0 Å². The average Bonchev–Trinajstić information content (AvgIpc) is 2.92. The lowest BCUT2D eigenvalue weighted by Gasteiger charge is -2.11. The molecule has 0 N–H and O–H groups in total. The molecule has 2 heterocycles. The molecule has 0 fully saturated rings. The highest BCUT2D eigenvalue weighted by molar-refractivity contribution is 7.11. The number of rotatable bonds is 2. The third kappa shape index (κ3) is 2.11. The number of aryl methyl sites for hydroxylation is 2. The van der Waals surface area contributed by atoms with Gasteiger partial charge >= 0.3 is 5.97 Å². The van der Waals surface area contributed by atoms with Gasteiger partial charge in [0.05, 0.1) is 16.1 Å². The summed E-state index contributed by atoms with van der Waals surface area (Å²) in [4.78, 5) is 45.9. The van der Waals surface area contributed by atoms with Crippen molar-refractivity contribution in [2.24, 2.45) is 0 Å². The van der Waals surface area contributed by atoms with Gasteiger partial charge in [0.2, 0.25) is 0 Å². The van der Waals surface area contributed by atoms with Gasteiger partial charge in [0.1, 0.15) is 0 Å². The predicted octanol–water partition coefficient (Wildman–Crippen LogP) is 2.13. The molecule has 0 atom stereocenters. The molecule has 1 aliphatic rings. The third-order valence-electron chi connectivity index (χ3n) is 3.03. The van der Waals surface area contributed by atoms with Crippen LogP contribution in [0.2, 0.25) is 0 Å². The van der Waals surface area contributed by atoms with E-state index in [0.717, 1.165) is 0 Å². The number of nitrogens with zero attached hydrogens (tertiary/aromatic N) is 2. The first kappa shape index (κ1) is 13.4. The number of hydrogen-bond acceptors (Lipinski definition) is 6. The molecule has 2 amide bonds. The summed E-state index contributed by atoms with van der Waals surface area (Å²) in [5.41, 5.74) is 0.567. The van der Waals surface area contributed by atoms with Gasteiger partial charge in [-0.3, -0.25) is 9.59 Å². The van der Waals surface area contributed by atoms with Crippen molar-refractivity contribution < 1.29 is 19.2 Å². The van der Waals surface area contributed by atoms with Crippen LogP contribution in [0.1, 0.15) is 41.1 Å². The molecule has 1 aromatic heterocycles. The maximum absolute atomic E-state index is 12.1. The van der Waals surface area contributed by atoms with Crippen LogP contribution in [0.3, 0.4) is 0 Å². The van der Waals surface area contributed by atoms with Crippen molar-refractivity contribution in [1.82, 2.24) is 10.0 Å². The number of amides is 2. The van der Waals surface area contributed by atoms with Crippen LogP contribution in [0.25, 0.3) is 0 Å². The topological polar surface area (TPSA) is 76.6 Å². The van der Waals surface area contributed by atoms with Crippen LogP contribution in [0.5, 0.6) is 0 Å². The SMILES string of the molecule is Cc1nc(C(=O)ON2C(=O)c3ccccc3C2=O)c(C)s1. The number of carbonyl (C=O) groups is 3. The fourth-order valence-electron chi connectivity index (χ4n) is 2.09. The summed E-state index contributed by atoms with van der Waals surface area (Å²) in [5, 5.41) is 1.20. The van der Waals surface area contributed by atoms with E-state index in [1.165, 1.54) is 23.5 Å². The molecule has 7 heteroatoms. The van der Waals surface area contributed by atoms with Crippen molar-refractivity contribution >= 4 is 29.1 Å². The van der Waals surface area contributed by atoms with Crippen LogP contribution < -0.4 is 0 Å². The van der Waals surface area contributed by atoms with Gasteiger partial charge in [-0.2, -0.15) is 0 Å². The van der Waals surface area contributed by atoms with Crippen molar-refractivity contribution in [2.75, 3.05) is 0 Å². The van der Waals surface area contributed by atoms with Crippen LogP contribution in [0.15, 0.2) is 24.3 Å². The Kier molecular flexibility index (Phi) is 3.06. The number of thiazole rings is 1. The molecule has 6 nitrogen and oxygen atoms in total. The first-order valence-corrected chi connectivity index (χ1v) is 6.95. The average molecular weight is 302 g/mol. The number of carbonyl (C=O) groups excluding carboxylic acids is 3. The fraction of sp³-hybridized carbons (Fsp3) is 0.143. The van der Waals surface area contributed by atoms with E-state index in [2.05, 4.69) is 4.98 Å². The van der Waals surface area contributed by atoms with Crippen molar-refractivity contribution in [2.45, 2.75) is 13.8 Å². The zero-order valence-electron chi connectivity index (χ0n) is 11.2. The molecule has 0 spiro atoms. The second-order valence-corrected chi connectivity index (χ2v) is 5.87. The van der Waals surface area contributed by atoms with Gasteiger partial charge in [0, 0.05) is 4.88 Å². The number of fused-ring (bicyclic) bond motifs is 1. The van der Waals surface area contributed by atoms with Crippen molar-refractivity contribution in [3.8, 4) is 0 Å². The maximum atomic E-state index is 12.1. The highest BCUT2D eigenvalue weighted by atomic mass is 32.1. The van der Waals surface area contributed by atoms with E-state index in [4.69, 9.17) is 4.84 Å². The fourth-order valence-corrected chi connectivity index (χ4v) is 2.90. The Bertz CT molecular complexity index is 746. The molecule has 21 heavy (non-hydrogen) atoms. The van der Waals surface area contributed by atoms with Crippen molar-refractivity contribution in [3.63, 3.8) is 0 Å². The lowest BCUT2D eigenvalue weighted by atomic mass is 10.1. The third-order valence-corrected chi connectivity index (χ3v) is 3.91. The first-order chi connectivity index (χ1) is 9.99. The molecule has 106 valence electrons. The number of hydrogen-bond donors (Lipinski definition) is 0. The maximum Gasteiger partial charge on any atom is 0.383 e. The van der Waals surface area contributed by atoms with E-state index in [1.54, 1.807) is 26.0 Å². The second-order valence-electron chi connectivity index (χ2n) is 4.47. The summed E-state index contributed by atoms with van der Waals surface area (Å²) in [5.74, 6) is -2.10. The van der Waals surface area contributed by atoms with Crippen LogP contribution in [-0.4, -0.2) is 27.8 Å². The molecule has 0 saturated carbocycles. The second kappa shape index (κ2) is 4.78. The smallest absolute Gasteiger partial charge is 0.322 e.